The van der Waals surface area contributed by atoms with Crippen molar-refractivity contribution < 1.29 is 4.79 Å². The summed E-state index contributed by atoms with van der Waals surface area (Å²) in [6.07, 6.45) is 4.12. The van der Waals surface area contributed by atoms with Gasteiger partial charge in [-0.2, -0.15) is 5.10 Å². The van der Waals surface area contributed by atoms with E-state index in [0.717, 1.165) is 30.8 Å². The lowest BCUT2D eigenvalue weighted by Crippen LogP contribution is -2.32. The molecule has 26 heavy (non-hydrogen) atoms. The Hall–Kier alpha value is -1.89. The molecule has 2 N–H and O–H groups in total. The summed E-state index contributed by atoms with van der Waals surface area (Å²) in [5.74, 6) is 0.448. The minimum Gasteiger partial charge on any atom is -0.350 e. The fourth-order valence-corrected chi connectivity index (χ4v) is 4.22. The van der Waals surface area contributed by atoms with Gasteiger partial charge in [0.15, 0.2) is 0 Å². The summed E-state index contributed by atoms with van der Waals surface area (Å²) < 4.78 is 3.12. The molecule has 0 aliphatic carbocycles. The molecule has 1 aromatic carbocycles. The van der Waals surface area contributed by atoms with Crippen LogP contribution in [0.3, 0.4) is 0 Å². The van der Waals surface area contributed by atoms with Gasteiger partial charge < -0.3 is 10.6 Å². The number of carbonyl (C=O) groups is 1. The first-order valence-corrected chi connectivity index (χ1v) is 9.63. The normalized spacial score (nSPS) is 17.0. The molecule has 3 heterocycles. The maximum atomic E-state index is 12.3. The Morgan fingerprint density at radius 3 is 3.12 bits per heavy atom. The molecule has 0 spiro atoms. The van der Waals surface area contributed by atoms with Gasteiger partial charge in [-0.15, -0.1) is 23.7 Å². The second-order valence-electron chi connectivity index (χ2n) is 6.53. The van der Waals surface area contributed by atoms with Crippen LogP contribution in [0.1, 0.15) is 30.0 Å². The topological polar surface area (TPSA) is 59.0 Å². The zero-order valence-electron chi connectivity index (χ0n) is 14.5. The molecule has 1 atom stereocenters. The van der Waals surface area contributed by atoms with Gasteiger partial charge in [0.1, 0.15) is 6.54 Å². The molecule has 138 valence electrons. The Bertz CT molecular complexity index is 869. The smallest absolute Gasteiger partial charge is 0.242 e. The highest BCUT2D eigenvalue weighted by molar-refractivity contribution is 7.17. The SMILES string of the molecule is Cl.O=C(Cn1nccc1C1CCCNC1)NCc1ccc2sccc2c1. The van der Waals surface area contributed by atoms with Gasteiger partial charge in [0.2, 0.25) is 5.91 Å². The number of hydrogen-bond acceptors (Lipinski definition) is 4. The van der Waals surface area contributed by atoms with Crippen LogP contribution in [-0.2, 0) is 17.9 Å². The molecule has 1 fully saturated rings. The average Bonchev–Trinajstić information content (AvgIpc) is 3.29. The first kappa shape index (κ1) is 18.9. The van der Waals surface area contributed by atoms with E-state index in [9.17, 15) is 4.79 Å². The number of amides is 1. The second-order valence-corrected chi connectivity index (χ2v) is 7.47. The van der Waals surface area contributed by atoms with Gasteiger partial charge >= 0.3 is 0 Å². The summed E-state index contributed by atoms with van der Waals surface area (Å²) in [6, 6.07) is 10.5. The van der Waals surface area contributed by atoms with Crippen LogP contribution in [0, 0.1) is 0 Å². The van der Waals surface area contributed by atoms with Gasteiger partial charge in [-0.1, -0.05) is 6.07 Å². The quantitative estimate of drug-likeness (QED) is 0.702. The summed E-state index contributed by atoms with van der Waals surface area (Å²) in [7, 11) is 0. The van der Waals surface area contributed by atoms with Crippen LogP contribution < -0.4 is 10.6 Å². The van der Waals surface area contributed by atoms with E-state index in [1.54, 1.807) is 17.5 Å². The maximum Gasteiger partial charge on any atom is 0.242 e. The molecular weight excluding hydrogens is 368 g/mol. The fraction of sp³-hybridized carbons (Fsp3) is 0.368. The number of benzene rings is 1. The summed E-state index contributed by atoms with van der Waals surface area (Å²) in [4.78, 5) is 12.3. The van der Waals surface area contributed by atoms with E-state index in [2.05, 4.69) is 45.4 Å². The Morgan fingerprint density at radius 1 is 1.35 bits per heavy atom. The molecule has 3 aromatic rings. The summed E-state index contributed by atoms with van der Waals surface area (Å²) >= 11 is 1.73. The number of thiophene rings is 1. The lowest BCUT2D eigenvalue weighted by atomic mass is 9.96. The third-order valence-electron chi connectivity index (χ3n) is 4.76. The average molecular weight is 391 g/mol. The number of aromatic nitrogens is 2. The van der Waals surface area contributed by atoms with Crippen molar-refractivity contribution in [3.05, 3.63) is 53.2 Å². The number of piperidine rings is 1. The molecule has 4 rings (SSSR count). The molecule has 1 aliphatic rings. The van der Waals surface area contributed by atoms with E-state index >= 15 is 0 Å². The summed E-state index contributed by atoms with van der Waals surface area (Å²) in [6.45, 7) is 2.87. The number of carbonyl (C=O) groups excluding carboxylic acids is 1. The van der Waals surface area contributed by atoms with Crippen molar-refractivity contribution in [3.8, 4) is 0 Å². The highest BCUT2D eigenvalue weighted by Gasteiger charge is 2.19. The van der Waals surface area contributed by atoms with Crippen molar-refractivity contribution in [2.75, 3.05) is 13.1 Å². The van der Waals surface area contributed by atoms with E-state index < -0.39 is 0 Å². The highest BCUT2D eigenvalue weighted by atomic mass is 35.5. The van der Waals surface area contributed by atoms with Gasteiger partial charge in [-0.05, 0) is 60.0 Å². The zero-order valence-corrected chi connectivity index (χ0v) is 16.1. The molecule has 1 saturated heterocycles. The van der Waals surface area contributed by atoms with Crippen molar-refractivity contribution in [2.45, 2.75) is 31.8 Å². The van der Waals surface area contributed by atoms with Gasteiger partial charge in [0, 0.05) is 35.6 Å². The Morgan fingerprint density at radius 2 is 2.27 bits per heavy atom. The van der Waals surface area contributed by atoms with Crippen LogP contribution in [0.15, 0.2) is 41.9 Å². The van der Waals surface area contributed by atoms with E-state index in [0.29, 0.717) is 12.5 Å². The first-order valence-electron chi connectivity index (χ1n) is 8.75. The predicted octanol–water partition coefficient (Wildman–Crippen LogP) is 3.30. The van der Waals surface area contributed by atoms with Crippen molar-refractivity contribution in [1.29, 1.82) is 0 Å². The minimum atomic E-state index is -0.000802. The van der Waals surface area contributed by atoms with Crippen LogP contribution in [0.5, 0.6) is 0 Å². The van der Waals surface area contributed by atoms with Gasteiger partial charge in [0.05, 0.1) is 0 Å². The number of nitrogens with one attached hydrogen (secondary N) is 2. The van der Waals surface area contributed by atoms with E-state index in [4.69, 9.17) is 0 Å². The van der Waals surface area contributed by atoms with Crippen LogP contribution in [0.4, 0.5) is 0 Å². The highest BCUT2D eigenvalue weighted by Crippen LogP contribution is 2.23. The first-order chi connectivity index (χ1) is 12.3. The lowest BCUT2D eigenvalue weighted by molar-refractivity contribution is -0.122. The summed E-state index contributed by atoms with van der Waals surface area (Å²) in [5.41, 5.74) is 2.28. The third kappa shape index (κ3) is 4.26. The molecule has 0 radical (unpaired) electrons. The number of nitrogens with zero attached hydrogens (tertiary/aromatic N) is 2. The molecule has 1 amide bonds. The van der Waals surface area contributed by atoms with Crippen LogP contribution in [-0.4, -0.2) is 28.8 Å². The van der Waals surface area contributed by atoms with E-state index in [1.165, 1.54) is 16.5 Å². The summed E-state index contributed by atoms with van der Waals surface area (Å²) in [5, 5.41) is 14.1. The monoisotopic (exact) mass is 390 g/mol. The molecule has 0 bridgehead atoms. The van der Waals surface area contributed by atoms with Crippen molar-refractivity contribution >= 4 is 39.7 Å². The Balaban J connectivity index is 0.00000196. The second kappa shape index (κ2) is 8.66. The number of halogens is 1. The minimum absolute atomic E-state index is 0. The lowest BCUT2D eigenvalue weighted by Gasteiger charge is -2.23. The molecule has 0 saturated carbocycles. The number of fused-ring (bicyclic) bond motifs is 1. The molecule has 2 aromatic heterocycles. The fourth-order valence-electron chi connectivity index (χ4n) is 3.44. The van der Waals surface area contributed by atoms with Crippen LogP contribution >= 0.6 is 23.7 Å². The largest absolute Gasteiger partial charge is 0.350 e. The molecule has 1 unspecified atom stereocenters. The number of rotatable bonds is 5. The zero-order chi connectivity index (χ0) is 17.1. The third-order valence-corrected chi connectivity index (χ3v) is 5.66. The molecule has 1 aliphatic heterocycles. The van der Waals surface area contributed by atoms with E-state index in [-0.39, 0.29) is 24.9 Å². The van der Waals surface area contributed by atoms with Crippen molar-refractivity contribution in [2.24, 2.45) is 0 Å². The Labute approximate surface area is 163 Å². The molecular formula is C19H23ClN4OS. The van der Waals surface area contributed by atoms with Crippen LogP contribution in [0.2, 0.25) is 0 Å². The van der Waals surface area contributed by atoms with Gasteiger partial charge in [-0.25, -0.2) is 0 Å². The number of hydrogen-bond donors (Lipinski definition) is 2. The van der Waals surface area contributed by atoms with Crippen molar-refractivity contribution in [3.63, 3.8) is 0 Å². The maximum absolute atomic E-state index is 12.3. The van der Waals surface area contributed by atoms with Gasteiger partial charge in [-0.3, -0.25) is 9.48 Å². The predicted molar refractivity (Wildman–Crippen MR) is 108 cm³/mol. The van der Waals surface area contributed by atoms with Gasteiger partial charge in [0.25, 0.3) is 0 Å². The molecule has 7 heteroatoms. The van der Waals surface area contributed by atoms with Crippen LogP contribution in [0.25, 0.3) is 10.1 Å². The van der Waals surface area contributed by atoms with E-state index in [1.807, 2.05) is 10.7 Å². The Kier molecular flexibility index (Phi) is 6.29. The molecule has 5 nitrogen and oxygen atoms in total. The van der Waals surface area contributed by atoms with Crippen molar-refractivity contribution in [1.82, 2.24) is 20.4 Å². The standard InChI is InChI=1S/C19H22N4OS.ClH/c24-19(21-11-14-3-4-18-15(10-14)6-9-25-18)13-23-17(5-8-22-23)16-2-1-7-20-12-16;/h3-6,8-10,16,20H,1-2,7,11-13H2,(H,21,24);1H.